The summed E-state index contributed by atoms with van der Waals surface area (Å²) >= 11 is 3.26. The number of benzene rings is 1. The maximum atomic E-state index is 12.3. The Morgan fingerprint density at radius 1 is 1.39 bits per heavy atom. The van der Waals surface area contributed by atoms with E-state index in [9.17, 15) is 8.42 Å². The molecule has 6 heteroatoms. The van der Waals surface area contributed by atoms with Crippen LogP contribution in [-0.4, -0.2) is 26.3 Å². The van der Waals surface area contributed by atoms with Gasteiger partial charge in [0.1, 0.15) is 4.90 Å². The van der Waals surface area contributed by atoms with Crippen molar-refractivity contribution in [2.75, 3.05) is 19.3 Å². The number of anilines is 1. The number of nitrogens with two attached hydrogens (primary N) is 1. The minimum atomic E-state index is -3.49. The van der Waals surface area contributed by atoms with Crippen LogP contribution in [0.3, 0.4) is 0 Å². The van der Waals surface area contributed by atoms with E-state index in [2.05, 4.69) is 29.8 Å². The number of sulfonamides is 1. The topological polar surface area (TPSA) is 63.4 Å². The number of nitrogens with zero attached hydrogens (tertiary/aromatic N) is 1. The quantitative estimate of drug-likeness (QED) is 0.842. The van der Waals surface area contributed by atoms with Crippen LogP contribution >= 0.6 is 15.9 Å². The zero-order valence-electron chi connectivity index (χ0n) is 10.9. The van der Waals surface area contributed by atoms with E-state index in [-0.39, 0.29) is 10.6 Å². The molecule has 1 aromatic carbocycles. The molecule has 18 heavy (non-hydrogen) atoms. The molecule has 0 aromatic heterocycles. The highest BCUT2D eigenvalue weighted by atomic mass is 79.9. The second kappa shape index (κ2) is 6.04. The highest BCUT2D eigenvalue weighted by Crippen LogP contribution is 2.25. The van der Waals surface area contributed by atoms with Gasteiger partial charge >= 0.3 is 0 Å². The summed E-state index contributed by atoms with van der Waals surface area (Å²) in [5.41, 5.74) is 6.03. The maximum absolute atomic E-state index is 12.3. The van der Waals surface area contributed by atoms with Crippen LogP contribution in [0.15, 0.2) is 27.6 Å². The van der Waals surface area contributed by atoms with Gasteiger partial charge in [0, 0.05) is 18.1 Å². The van der Waals surface area contributed by atoms with Crippen molar-refractivity contribution >= 4 is 31.6 Å². The molecule has 0 aliphatic heterocycles. The van der Waals surface area contributed by atoms with Crippen molar-refractivity contribution in [3.63, 3.8) is 0 Å². The van der Waals surface area contributed by atoms with Gasteiger partial charge in [0.15, 0.2) is 0 Å². The van der Waals surface area contributed by atoms with Crippen molar-refractivity contribution in [1.29, 1.82) is 0 Å². The largest absolute Gasteiger partial charge is 0.398 e. The first-order valence-electron chi connectivity index (χ1n) is 5.76. The van der Waals surface area contributed by atoms with E-state index in [4.69, 9.17) is 5.73 Å². The lowest BCUT2D eigenvalue weighted by atomic mass is 10.1. The Kier molecular flexibility index (Phi) is 5.19. The molecule has 1 rings (SSSR count). The van der Waals surface area contributed by atoms with Crippen LogP contribution < -0.4 is 5.73 Å². The lowest BCUT2D eigenvalue weighted by Gasteiger charge is -2.19. The molecule has 0 radical (unpaired) electrons. The highest BCUT2D eigenvalue weighted by Gasteiger charge is 2.23. The molecule has 0 fully saturated rings. The van der Waals surface area contributed by atoms with Gasteiger partial charge < -0.3 is 5.73 Å². The maximum Gasteiger partial charge on any atom is 0.244 e. The molecule has 102 valence electrons. The van der Waals surface area contributed by atoms with E-state index >= 15 is 0 Å². The van der Waals surface area contributed by atoms with Gasteiger partial charge in [-0.05, 0) is 30.5 Å². The lowest BCUT2D eigenvalue weighted by Crippen LogP contribution is -2.29. The molecule has 0 aliphatic rings. The summed E-state index contributed by atoms with van der Waals surface area (Å²) in [5.74, 6) is 0.463. The van der Waals surface area contributed by atoms with E-state index < -0.39 is 10.0 Å². The third kappa shape index (κ3) is 3.70. The first kappa shape index (κ1) is 15.5. The summed E-state index contributed by atoms with van der Waals surface area (Å²) in [6.45, 7) is 4.62. The third-order valence-electron chi connectivity index (χ3n) is 2.68. The van der Waals surface area contributed by atoms with Crippen LogP contribution in [0.4, 0.5) is 5.69 Å². The molecule has 0 spiro atoms. The molecule has 0 unspecified atom stereocenters. The van der Waals surface area contributed by atoms with Gasteiger partial charge in [-0.25, -0.2) is 12.7 Å². The summed E-state index contributed by atoms with van der Waals surface area (Å²) in [7, 11) is -1.91. The fraction of sp³-hybridized carbons (Fsp3) is 0.500. The average molecular weight is 335 g/mol. The Labute approximate surface area is 117 Å². The van der Waals surface area contributed by atoms with E-state index in [0.29, 0.717) is 12.5 Å². The Morgan fingerprint density at radius 3 is 2.50 bits per heavy atom. The van der Waals surface area contributed by atoms with Gasteiger partial charge in [-0.3, -0.25) is 0 Å². The van der Waals surface area contributed by atoms with Crippen LogP contribution in [0.1, 0.15) is 20.3 Å². The van der Waals surface area contributed by atoms with E-state index in [0.717, 1.165) is 10.9 Å². The fourth-order valence-corrected chi connectivity index (χ4v) is 3.14. The molecule has 0 atom stereocenters. The third-order valence-corrected chi connectivity index (χ3v) is 5.11. The number of hydrogen-bond donors (Lipinski definition) is 1. The van der Waals surface area contributed by atoms with Gasteiger partial charge in [-0.2, -0.15) is 0 Å². The zero-order chi connectivity index (χ0) is 13.9. The van der Waals surface area contributed by atoms with Crippen molar-refractivity contribution < 1.29 is 8.42 Å². The molecule has 1 aromatic rings. The predicted molar refractivity (Wildman–Crippen MR) is 77.8 cm³/mol. The van der Waals surface area contributed by atoms with Crippen LogP contribution in [0.25, 0.3) is 0 Å². The molecular formula is C12H19BrN2O2S. The molecule has 0 saturated carbocycles. The monoisotopic (exact) mass is 334 g/mol. The minimum absolute atomic E-state index is 0.164. The van der Waals surface area contributed by atoms with Crippen LogP contribution in [0.5, 0.6) is 0 Å². The minimum Gasteiger partial charge on any atom is -0.398 e. The summed E-state index contributed by atoms with van der Waals surface area (Å²) in [6, 6.07) is 4.81. The average Bonchev–Trinajstić information content (AvgIpc) is 2.24. The van der Waals surface area contributed by atoms with E-state index in [1.807, 2.05) is 0 Å². The molecule has 0 heterocycles. The summed E-state index contributed by atoms with van der Waals surface area (Å²) < 4.78 is 26.7. The van der Waals surface area contributed by atoms with Crippen molar-refractivity contribution in [2.45, 2.75) is 25.2 Å². The van der Waals surface area contributed by atoms with Crippen molar-refractivity contribution in [1.82, 2.24) is 4.31 Å². The normalized spacial score (nSPS) is 12.3. The molecule has 2 N–H and O–H groups in total. The highest BCUT2D eigenvalue weighted by molar-refractivity contribution is 9.10. The Bertz CT molecular complexity index is 515. The lowest BCUT2D eigenvalue weighted by molar-refractivity contribution is 0.428. The second-order valence-electron chi connectivity index (χ2n) is 4.69. The summed E-state index contributed by atoms with van der Waals surface area (Å²) in [5, 5.41) is 0. The number of hydrogen-bond acceptors (Lipinski definition) is 3. The molecule has 0 bridgehead atoms. The van der Waals surface area contributed by atoms with Crippen molar-refractivity contribution in [3.8, 4) is 0 Å². The first-order valence-corrected chi connectivity index (χ1v) is 8.00. The zero-order valence-corrected chi connectivity index (χ0v) is 13.3. The van der Waals surface area contributed by atoms with Gasteiger partial charge in [0.2, 0.25) is 10.0 Å². The number of rotatable bonds is 5. The van der Waals surface area contributed by atoms with Crippen LogP contribution in [0.2, 0.25) is 0 Å². The van der Waals surface area contributed by atoms with Gasteiger partial charge in [0.05, 0.1) is 5.69 Å². The second-order valence-corrected chi connectivity index (χ2v) is 7.62. The Morgan fingerprint density at radius 2 is 2.00 bits per heavy atom. The van der Waals surface area contributed by atoms with Gasteiger partial charge in [0.25, 0.3) is 0 Å². The first-order chi connectivity index (χ1) is 8.25. The van der Waals surface area contributed by atoms with E-state index in [1.165, 1.54) is 10.4 Å². The Hall–Kier alpha value is -0.590. The van der Waals surface area contributed by atoms with Gasteiger partial charge in [-0.15, -0.1) is 0 Å². The SMILES string of the molecule is CC(C)CCN(C)S(=O)(=O)c1ccc(Br)cc1N. The standard InChI is InChI=1S/C12H19BrN2O2S/c1-9(2)6-7-15(3)18(16,17)12-5-4-10(13)8-11(12)14/h4-5,8-9H,6-7,14H2,1-3H3. The van der Waals surface area contributed by atoms with Gasteiger partial charge in [-0.1, -0.05) is 29.8 Å². The molecule has 0 aliphatic carbocycles. The molecule has 0 saturated heterocycles. The number of halogens is 1. The van der Waals surface area contributed by atoms with Crippen molar-refractivity contribution in [2.24, 2.45) is 5.92 Å². The Balaban J connectivity index is 2.98. The summed E-state index contributed by atoms with van der Waals surface area (Å²) in [4.78, 5) is 0.164. The number of nitrogen functional groups attached to an aromatic ring is 1. The predicted octanol–water partition coefficient (Wildman–Crippen LogP) is 2.70. The van der Waals surface area contributed by atoms with Crippen LogP contribution in [-0.2, 0) is 10.0 Å². The summed E-state index contributed by atoms with van der Waals surface area (Å²) in [6.07, 6.45) is 0.826. The van der Waals surface area contributed by atoms with E-state index in [1.54, 1.807) is 19.2 Å². The van der Waals surface area contributed by atoms with Crippen LogP contribution in [0, 0.1) is 5.92 Å². The smallest absolute Gasteiger partial charge is 0.244 e. The molecule has 0 amide bonds. The fourth-order valence-electron chi connectivity index (χ4n) is 1.48. The molecular weight excluding hydrogens is 316 g/mol. The molecule has 4 nitrogen and oxygen atoms in total. The van der Waals surface area contributed by atoms with Crippen molar-refractivity contribution in [3.05, 3.63) is 22.7 Å².